The summed E-state index contributed by atoms with van der Waals surface area (Å²) in [6.45, 7) is 6.39. The Morgan fingerprint density at radius 2 is 1.86 bits per heavy atom. The van der Waals surface area contributed by atoms with Crippen molar-refractivity contribution < 1.29 is 28.9 Å². The molecular formula is C27H33N3O6. The van der Waals surface area contributed by atoms with Gasteiger partial charge < -0.3 is 24.2 Å². The van der Waals surface area contributed by atoms with Crippen molar-refractivity contribution in [2.75, 3.05) is 53.1 Å². The molecule has 1 unspecified atom stereocenters. The van der Waals surface area contributed by atoms with Gasteiger partial charge in [-0.05, 0) is 36.2 Å². The minimum atomic E-state index is -0.766. The number of methoxy groups -OCH3 is 1. The van der Waals surface area contributed by atoms with Gasteiger partial charge in [0.1, 0.15) is 5.76 Å². The monoisotopic (exact) mass is 495 g/mol. The van der Waals surface area contributed by atoms with E-state index in [1.165, 1.54) is 17.3 Å². The number of aromatic nitrogens is 1. The lowest BCUT2D eigenvalue weighted by Gasteiger charge is -2.31. The number of pyridine rings is 1. The maximum absolute atomic E-state index is 13.2. The SMILES string of the molecule is CCCCOc1ccc(C2C(=C(O)c3ccncc3)C(=O)C(=O)N2CCN2CCOCC2)cc1OC. The van der Waals surface area contributed by atoms with Gasteiger partial charge in [-0.15, -0.1) is 0 Å². The van der Waals surface area contributed by atoms with Crippen molar-refractivity contribution >= 4 is 17.4 Å². The molecule has 2 saturated heterocycles. The van der Waals surface area contributed by atoms with E-state index in [1.54, 1.807) is 31.4 Å². The van der Waals surface area contributed by atoms with E-state index in [9.17, 15) is 14.7 Å². The largest absolute Gasteiger partial charge is 0.507 e. The highest BCUT2D eigenvalue weighted by atomic mass is 16.5. The van der Waals surface area contributed by atoms with Crippen LogP contribution in [0.1, 0.15) is 36.9 Å². The number of ether oxygens (including phenoxy) is 3. The number of unbranched alkanes of at least 4 members (excludes halogenated alkanes) is 1. The highest BCUT2D eigenvalue weighted by molar-refractivity contribution is 6.46. The number of aliphatic hydroxyl groups excluding tert-OH is 1. The zero-order valence-electron chi connectivity index (χ0n) is 20.8. The number of hydrogen-bond donors (Lipinski definition) is 1. The summed E-state index contributed by atoms with van der Waals surface area (Å²) < 4.78 is 16.9. The van der Waals surface area contributed by atoms with E-state index >= 15 is 0 Å². The maximum Gasteiger partial charge on any atom is 0.295 e. The molecule has 9 nitrogen and oxygen atoms in total. The average molecular weight is 496 g/mol. The van der Waals surface area contributed by atoms with Gasteiger partial charge in [-0.2, -0.15) is 0 Å². The lowest BCUT2D eigenvalue weighted by Crippen LogP contribution is -2.42. The summed E-state index contributed by atoms with van der Waals surface area (Å²) in [6.07, 6.45) is 4.99. The minimum Gasteiger partial charge on any atom is -0.507 e. The molecule has 0 aliphatic carbocycles. The number of likely N-dealkylation sites (tertiary alicyclic amines) is 1. The molecule has 0 saturated carbocycles. The first-order valence-electron chi connectivity index (χ1n) is 12.3. The average Bonchev–Trinajstić information content (AvgIpc) is 3.17. The van der Waals surface area contributed by atoms with Gasteiger partial charge in [0.05, 0.1) is 38.5 Å². The molecule has 2 aliphatic heterocycles. The van der Waals surface area contributed by atoms with Crippen LogP contribution in [0.2, 0.25) is 0 Å². The molecular weight excluding hydrogens is 462 g/mol. The zero-order chi connectivity index (χ0) is 25.5. The number of rotatable bonds is 10. The number of aliphatic hydroxyl groups is 1. The van der Waals surface area contributed by atoms with Gasteiger partial charge in [-0.1, -0.05) is 19.4 Å². The second kappa shape index (κ2) is 12.0. The van der Waals surface area contributed by atoms with E-state index in [4.69, 9.17) is 14.2 Å². The smallest absolute Gasteiger partial charge is 0.295 e. The molecule has 0 bridgehead atoms. The highest BCUT2D eigenvalue weighted by Gasteiger charge is 2.46. The second-order valence-electron chi connectivity index (χ2n) is 8.79. The first-order valence-corrected chi connectivity index (χ1v) is 12.3. The quantitative estimate of drug-likeness (QED) is 0.232. The normalized spacial score (nSPS) is 20.1. The molecule has 1 aromatic heterocycles. The number of amides is 1. The molecule has 1 aromatic carbocycles. The van der Waals surface area contributed by atoms with Gasteiger partial charge in [0.25, 0.3) is 11.7 Å². The van der Waals surface area contributed by atoms with E-state index in [1.807, 2.05) is 6.07 Å². The maximum atomic E-state index is 13.2. The van der Waals surface area contributed by atoms with Crippen LogP contribution in [0, 0.1) is 0 Å². The molecule has 2 fully saturated rings. The Balaban J connectivity index is 1.72. The fourth-order valence-corrected chi connectivity index (χ4v) is 4.50. The summed E-state index contributed by atoms with van der Waals surface area (Å²) >= 11 is 0. The van der Waals surface area contributed by atoms with Crippen LogP contribution in [0.25, 0.3) is 5.76 Å². The Morgan fingerprint density at radius 1 is 1.11 bits per heavy atom. The number of ketones is 1. The van der Waals surface area contributed by atoms with Crippen molar-refractivity contribution in [2.45, 2.75) is 25.8 Å². The predicted molar refractivity (Wildman–Crippen MR) is 134 cm³/mol. The Morgan fingerprint density at radius 3 is 2.56 bits per heavy atom. The van der Waals surface area contributed by atoms with Crippen molar-refractivity contribution in [3.8, 4) is 11.5 Å². The van der Waals surface area contributed by atoms with Gasteiger partial charge in [0, 0.05) is 44.1 Å². The minimum absolute atomic E-state index is 0.0508. The molecule has 9 heteroatoms. The number of carbonyl (C=O) groups excluding carboxylic acids is 2. The van der Waals surface area contributed by atoms with Crippen LogP contribution in [0.4, 0.5) is 0 Å². The molecule has 0 radical (unpaired) electrons. The highest BCUT2D eigenvalue weighted by Crippen LogP contribution is 2.41. The number of morpholine rings is 1. The fourth-order valence-electron chi connectivity index (χ4n) is 4.50. The number of benzene rings is 1. The lowest BCUT2D eigenvalue weighted by molar-refractivity contribution is -0.140. The number of carbonyl (C=O) groups is 2. The number of hydrogen-bond acceptors (Lipinski definition) is 8. The lowest BCUT2D eigenvalue weighted by atomic mass is 9.95. The molecule has 192 valence electrons. The number of nitrogens with zero attached hydrogens (tertiary/aromatic N) is 3. The molecule has 3 heterocycles. The Kier molecular flexibility index (Phi) is 8.56. The summed E-state index contributed by atoms with van der Waals surface area (Å²) in [4.78, 5) is 34.2. The standard InChI is InChI=1S/C27H33N3O6/c1-3-4-15-36-21-6-5-20(18-22(21)34-2)24-23(25(31)19-7-9-28-10-8-19)26(32)27(33)30(24)12-11-29-13-16-35-17-14-29/h5-10,18,24,31H,3-4,11-17H2,1-2H3. The predicted octanol–water partition coefficient (Wildman–Crippen LogP) is 3.02. The fraction of sp³-hybridized carbons (Fsp3) is 0.444. The summed E-state index contributed by atoms with van der Waals surface area (Å²) in [5.74, 6) is -0.470. The van der Waals surface area contributed by atoms with Gasteiger partial charge in [0.2, 0.25) is 0 Å². The molecule has 0 spiro atoms. The third-order valence-electron chi connectivity index (χ3n) is 6.51. The number of Topliss-reactive ketones (excluding diaryl/α,β-unsaturated/α-hetero) is 1. The first-order chi connectivity index (χ1) is 17.5. The molecule has 2 aliphatic rings. The molecule has 1 N–H and O–H groups in total. The molecule has 1 atom stereocenters. The van der Waals surface area contributed by atoms with E-state index in [0.717, 1.165) is 25.9 Å². The molecule has 2 aromatic rings. The van der Waals surface area contributed by atoms with Crippen LogP contribution < -0.4 is 9.47 Å². The van der Waals surface area contributed by atoms with E-state index in [-0.39, 0.29) is 11.3 Å². The van der Waals surface area contributed by atoms with Gasteiger partial charge >= 0.3 is 0 Å². The van der Waals surface area contributed by atoms with Gasteiger partial charge in [0.15, 0.2) is 11.5 Å². The van der Waals surface area contributed by atoms with E-state index in [2.05, 4.69) is 16.8 Å². The van der Waals surface area contributed by atoms with Crippen molar-refractivity contribution in [1.82, 2.24) is 14.8 Å². The Labute approximate surface area is 211 Å². The molecule has 36 heavy (non-hydrogen) atoms. The van der Waals surface area contributed by atoms with Crippen molar-refractivity contribution in [1.29, 1.82) is 0 Å². The van der Waals surface area contributed by atoms with Crippen molar-refractivity contribution in [2.24, 2.45) is 0 Å². The van der Waals surface area contributed by atoms with Crippen LogP contribution in [0.15, 0.2) is 48.3 Å². The third-order valence-corrected chi connectivity index (χ3v) is 6.51. The summed E-state index contributed by atoms with van der Waals surface area (Å²) in [6, 6.07) is 7.84. The Hall–Kier alpha value is -3.43. The van der Waals surface area contributed by atoms with Gasteiger partial charge in [-0.25, -0.2) is 0 Å². The Bertz CT molecular complexity index is 1100. The first kappa shape index (κ1) is 25.7. The van der Waals surface area contributed by atoms with Gasteiger partial charge in [-0.3, -0.25) is 19.5 Å². The topological polar surface area (TPSA) is 101 Å². The summed E-state index contributed by atoms with van der Waals surface area (Å²) in [7, 11) is 1.55. The molecule has 1 amide bonds. The van der Waals surface area contributed by atoms with Crippen LogP contribution in [-0.2, 0) is 14.3 Å². The van der Waals surface area contributed by atoms with Crippen molar-refractivity contribution in [3.05, 3.63) is 59.4 Å². The zero-order valence-corrected chi connectivity index (χ0v) is 20.8. The second-order valence-corrected chi connectivity index (χ2v) is 8.79. The van der Waals surface area contributed by atoms with Crippen LogP contribution in [0.5, 0.6) is 11.5 Å². The van der Waals surface area contributed by atoms with Crippen molar-refractivity contribution in [3.63, 3.8) is 0 Å². The summed E-state index contributed by atoms with van der Waals surface area (Å²) in [5.41, 5.74) is 1.13. The van der Waals surface area contributed by atoms with Crippen LogP contribution in [0.3, 0.4) is 0 Å². The summed E-state index contributed by atoms with van der Waals surface area (Å²) in [5, 5.41) is 11.2. The van der Waals surface area contributed by atoms with Crippen LogP contribution >= 0.6 is 0 Å². The van der Waals surface area contributed by atoms with Crippen LogP contribution in [-0.4, -0.2) is 84.7 Å². The van der Waals surface area contributed by atoms with E-state index < -0.39 is 17.7 Å². The van der Waals surface area contributed by atoms with E-state index in [0.29, 0.717) is 55.5 Å². The third kappa shape index (κ3) is 5.52. The molecule has 4 rings (SSSR count).